The molecule has 23 heavy (non-hydrogen) atoms. The van der Waals surface area contributed by atoms with Crippen LogP contribution in [0.25, 0.3) is 0 Å². The Bertz CT molecular complexity index is 721. The van der Waals surface area contributed by atoms with Crippen LogP contribution in [-0.2, 0) is 9.53 Å². The number of nitrogens with zero attached hydrogens (tertiary/aromatic N) is 1. The summed E-state index contributed by atoms with van der Waals surface area (Å²) in [5.41, 5.74) is 0.164. The van der Waals surface area contributed by atoms with Gasteiger partial charge >= 0.3 is 5.97 Å². The molecule has 0 spiro atoms. The Hall–Kier alpha value is -2.06. The summed E-state index contributed by atoms with van der Waals surface area (Å²) in [6.45, 7) is 3.90. The van der Waals surface area contributed by atoms with Gasteiger partial charge in [0, 0.05) is 23.1 Å². The number of hydrogen-bond acceptors (Lipinski definition) is 7. The Morgan fingerprint density at radius 3 is 2.70 bits per heavy atom. The molecule has 1 N–H and O–H groups in total. The maximum Gasteiger partial charge on any atom is 0.357 e. The maximum absolute atomic E-state index is 11.9. The first-order valence-corrected chi connectivity index (χ1v) is 8.71. The van der Waals surface area contributed by atoms with Crippen molar-refractivity contribution in [2.75, 3.05) is 11.9 Å². The van der Waals surface area contributed by atoms with Crippen molar-refractivity contribution in [3.63, 3.8) is 0 Å². The molecule has 0 aliphatic carbocycles. The summed E-state index contributed by atoms with van der Waals surface area (Å²) in [6.07, 6.45) is 0.214. The van der Waals surface area contributed by atoms with Gasteiger partial charge in [0.05, 0.1) is 11.5 Å². The van der Waals surface area contributed by atoms with Gasteiger partial charge in [-0.2, -0.15) is 0 Å². The van der Waals surface area contributed by atoms with Gasteiger partial charge in [-0.25, -0.2) is 9.78 Å². The molecule has 6 nitrogen and oxygen atoms in total. The summed E-state index contributed by atoms with van der Waals surface area (Å²) in [5, 5.41) is 4.42. The van der Waals surface area contributed by atoms with Gasteiger partial charge < -0.3 is 10.1 Å². The molecule has 1 amide bonds. The summed E-state index contributed by atoms with van der Waals surface area (Å²) in [7, 11) is 0. The fourth-order valence-electron chi connectivity index (χ4n) is 1.75. The number of thiazole rings is 1. The largest absolute Gasteiger partial charge is 0.461 e. The second kappa shape index (κ2) is 7.98. The smallest absolute Gasteiger partial charge is 0.357 e. The molecular weight excluding hydrogens is 336 g/mol. The zero-order valence-corrected chi connectivity index (χ0v) is 14.4. The third kappa shape index (κ3) is 4.97. The molecule has 0 aromatic carbocycles. The van der Waals surface area contributed by atoms with Crippen molar-refractivity contribution in [1.29, 1.82) is 0 Å². The van der Waals surface area contributed by atoms with Gasteiger partial charge in [0.15, 0.2) is 16.6 Å². The van der Waals surface area contributed by atoms with Crippen molar-refractivity contribution in [3.05, 3.63) is 33.0 Å². The highest BCUT2D eigenvalue weighted by molar-refractivity contribution is 7.14. The zero-order chi connectivity index (χ0) is 16.8. The number of ketones is 1. The van der Waals surface area contributed by atoms with Crippen LogP contribution in [0.4, 0.5) is 5.13 Å². The molecule has 0 unspecified atom stereocenters. The first-order chi connectivity index (χ1) is 11.0. The molecule has 0 saturated carbocycles. The molecular formula is C15H16N2O4S2. The minimum absolute atomic E-state index is 0.0513. The Kier molecular flexibility index (Phi) is 6.00. The Morgan fingerprint density at radius 1 is 1.26 bits per heavy atom. The summed E-state index contributed by atoms with van der Waals surface area (Å²) in [4.78, 5) is 41.0. The molecule has 122 valence electrons. The zero-order valence-electron chi connectivity index (χ0n) is 12.8. The number of ether oxygens (including phenoxy) is 1. The highest BCUT2D eigenvalue weighted by Crippen LogP contribution is 2.19. The quantitative estimate of drug-likeness (QED) is 0.610. The minimum atomic E-state index is -0.521. The van der Waals surface area contributed by atoms with E-state index in [-0.39, 0.29) is 36.8 Å². The highest BCUT2D eigenvalue weighted by Gasteiger charge is 2.15. The Labute approximate surface area is 141 Å². The SMILES string of the molecule is CCOC(=O)c1csc(NC(=O)CCC(=O)c2ccc(C)s2)n1. The first-order valence-electron chi connectivity index (χ1n) is 7.01. The molecule has 0 atom stereocenters. The van der Waals surface area contributed by atoms with Crippen LogP contribution < -0.4 is 5.32 Å². The number of hydrogen-bond donors (Lipinski definition) is 1. The molecule has 8 heteroatoms. The lowest BCUT2D eigenvalue weighted by molar-refractivity contribution is -0.116. The van der Waals surface area contributed by atoms with Crippen LogP contribution in [0.5, 0.6) is 0 Å². The number of anilines is 1. The van der Waals surface area contributed by atoms with E-state index in [0.29, 0.717) is 10.0 Å². The molecule has 0 aliphatic heterocycles. The van der Waals surface area contributed by atoms with Crippen LogP contribution in [0.15, 0.2) is 17.5 Å². The third-order valence-corrected chi connectivity index (χ3v) is 4.63. The van der Waals surface area contributed by atoms with Crippen molar-refractivity contribution in [2.24, 2.45) is 0 Å². The number of amides is 1. The number of Topliss-reactive ketones (excluding diaryl/α,β-unsaturated/α-hetero) is 1. The minimum Gasteiger partial charge on any atom is -0.461 e. The topological polar surface area (TPSA) is 85.4 Å². The van der Waals surface area contributed by atoms with E-state index >= 15 is 0 Å². The lowest BCUT2D eigenvalue weighted by atomic mass is 10.2. The molecule has 0 radical (unpaired) electrons. The molecule has 2 heterocycles. The summed E-state index contributed by atoms with van der Waals surface area (Å²) < 4.78 is 4.83. The number of nitrogens with one attached hydrogen (secondary N) is 1. The highest BCUT2D eigenvalue weighted by atomic mass is 32.1. The third-order valence-electron chi connectivity index (χ3n) is 2.83. The molecule has 0 saturated heterocycles. The van der Waals surface area contributed by atoms with Crippen LogP contribution in [0.3, 0.4) is 0 Å². The van der Waals surface area contributed by atoms with Gasteiger partial charge in [-0.15, -0.1) is 22.7 Å². The summed E-state index contributed by atoms with van der Waals surface area (Å²) >= 11 is 2.56. The Balaban J connectivity index is 1.83. The first kappa shape index (κ1) is 17.3. The van der Waals surface area contributed by atoms with Crippen LogP contribution in [0.2, 0.25) is 0 Å². The molecule has 2 aromatic heterocycles. The maximum atomic E-state index is 11.9. The fourth-order valence-corrected chi connectivity index (χ4v) is 3.28. The van der Waals surface area contributed by atoms with E-state index in [4.69, 9.17) is 4.74 Å². The van der Waals surface area contributed by atoms with Gasteiger partial charge in [-0.3, -0.25) is 9.59 Å². The number of thiophene rings is 1. The van der Waals surface area contributed by atoms with E-state index in [1.807, 2.05) is 13.0 Å². The number of carbonyl (C=O) groups excluding carboxylic acids is 3. The van der Waals surface area contributed by atoms with Gasteiger partial charge in [-0.1, -0.05) is 0 Å². The van der Waals surface area contributed by atoms with Crippen molar-refractivity contribution < 1.29 is 19.1 Å². The van der Waals surface area contributed by atoms with E-state index in [1.54, 1.807) is 13.0 Å². The average molecular weight is 352 g/mol. The average Bonchev–Trinajstić information content (AvgIpc) is 3.14. The van der Waals surface area contributed by atoms with E-state index in [1.165, 1.54) is 16.7 Å². The normalized spacial score (nSPS) is 10.3. The van der Waals surface area contributed by atoms with Crippen molar-refractivity contribution in [3.8, 4) is 0 Å². The van der Waals surface area contributed by atoms with Gasteiger partial charge in [-0.05, 0) is 26.0 Å². The molecule has 0 fully saturated rings. The number of esters is 1. The van der Waals surface area contributed by atoms with Crippen molar-refractivity contribution >= 4 is 45.5 Å². The number of aryl methyl sites for hydroxylation is 1. The van der Waals surface area contributed by atoms with E-state index < -0.39 is 5.97 Å². The lowest BCUT2D eigenvalue weighted by Crippen LogP contribution is -2.13. The van der Waals surface area contributed by atoms with E-state index in [0.717, 1.165) is 16.2 Å². The number of rotatable bonds is 7. The summed E-state index contributed by atoms with van der Waals surface area (Å²) in [6, 6.07) is 3.65. The van der Waals surface area contributed by atoms with Crippen LogP contribution in [0, 0.1) is 6.92 Å². The lowest BCUT2D eigenvalue weighted by Gasteiger charge is -2.01. The van der Waals surface area contributed by atoms with Crippen LogP contribution >= 0.6 is 22.7 Å². The predicted molar refractivity (Wildman–Crippen MR) is 89.3 cm³/mol. The van der Waals surface area contributed by atoms with E-state index in [2.05, 4.69) is 10.3 Å². The van der Waals surface area contributed by atoms with Gasteiger partial charge in [0.25, 0.3) is 0 Å². The molecule has 0 bridgehead atoms. The molecule has 0 aliphatic rings. The number of carbonyl (C=O) groups is 3. The van der Waals surface area contributed by atoms with E-state index in [9.17, 15) is 14.4 Å². The molecule has 2 aromatic rings. The van der Waals surface area contributed by atoms with Crippen molar-refractivity contribution in [1.82, 2.24) is 4.98 Å². The monoisotopic (exact) mass is 352 g/mol. The van der Waals surface area contributed by atoms with Gasteiger partial charge in [0.2, 0.25) is 5.91 Å². The molecule has 2 rings (SSSR count). The second-order valence-electron chi connectivity index (χ2n) is 4.64. The van der Waals surface area contributed by atoms with Crippen LogP contribution in [0.1, 0.15) is 44.8 Å². The fraction of sp³-hybridized carbons (Fsp3) is 0.333. The van der Waals surface area contributed by atoms with Crippen molar-refractivity contribution in [2.45, 2.75) is 26.7 Å². The van der Waals surface area contributed by atoms with Crippen LogP contribution in [-0.4, -0.2) is 29.3 Å². The number of aromatic nitrogens is 1. The predicted octanol–water partition coefficient (Wildman–Crippen LogP) is 3.29. The Morgan fingerprint density at radius 2 is 2.04 bits per heavy atom. The second-order valence-corrected chi connectivity index (χ2v) is 6.79. The van der Waals surface area contributed by atoms with Gasteiger partial charge in [0.1, 0.15) is 0 Å². The summed E-state index contributed by atoms with van der Waals surface area (Å²) in [5.74, 6) is -0.881. The standard InChI is InChI=1S/C15H16N2O4S2/c1-3-21-14(20)10-8-22-15(16-10)17-13(19)7-5-11(18)12-6-4-9(2)23-12/h4,6,8H,3,5,7H2,1-2H3,(H,16,17,19).